The number of carboxylic acid groups (broad SMARTS) is 1. The molecule has 4 nitrogen and oxygen atoms in total. The van der Waals surface area contributed by atoms with Gasteiger partial charge in [-0.1, -0.05) is 11.6 Å². The number of aromatic carboxylic acids is 1. The molecule has 0 bridgehead atoms. The van der Waals surface area contributed by atoms with Crippen molar-refractivity contribution in [1.29, 1.82) is 0 Å². The SMILES string of the molecule is O=C(Cc1c[nH]c(C(=O)O)c1)c1ccc(Cl)cc1. The number of aromatic amines is 1. The maximum absolute atomic E-state index is 11.9. The summed E-state index contributed by atoms with van der Waals surface area (Å²) in [6, 6.07) is 8.05. The Morgan fingerprint density at radius 3 is 2.44 bits per heavy atom. The lowest BCUT2D eigenvalue weighted by atomic mass is 10.1. The van der Waals surface area contributed by atoms with Gasteiger partial charge in [-0.3, -0.25) is 4.79 Å². The van der Waals surface area contributed by atoms with Crippen LogP contribution < -0.4 is 0 Å². The third kappa shape index (κ3) is 2.78. The highest BCUT2D eigenvalue weighted by Gasteiger charge is 2.11. The maximum Gasteiger partial charge on any atom is 0.352 e. The molecule has 0 atom stereocenters. The number of aromatic nitrogens is 1. The van der Waals surface area contributed by atoms with Gasteiger partial charge in [0.05, 0.1) is 0 Å². The van der Waals surface area contributed by atoms with Crippen LogP contribution in [0.15, 0.2) is 36.5 Å². The minimum Gasteiger partial charge on any atom is -0.477 e. The quantitative estimate of drug-likeness (QED) is 0.834. The first-order chi connectivity index (χ1) is 8.56. The van der Waals surface area contributed by atoms with Crippen molar-refractivity contribution in [2.45, 2.75) is 6.42 Å². The summed E-state index contributed by atoms with van der Waals surface area (Å²) < 4.78 is 0. The number of hydrogen-bond acceptors (Lipinski definition) is 2. The molecule has 5 heteroatoms. The molecule has 1 aromatic heterocycles. The monoisotopic (exact) mass is 263 g/mol. The van der Waals surface area contributed by atoms with Crippen molar-refractivity contribution in [3.05, 3.63) is 58.4 Å². The number of ketones is 1. The number of carbonyl (C=O) groups is 2. The highest BCUT2D eigenvalue weighted by atomic mass is 35.5. The largest absolute Gasteiger partial charge is 0.477 e. The Morgan fingerprint density at radius 1 is 1.22 bits per heavy atom. The van der Waals surface area contributed by atoms with E-state index in [1.54, 1.807) is 24.3 Å². The molecule has 0 saturated heterocycles. The van der Waals surface area contributed by atoms with Crippen LogP contribution in [0.3, 0.4) is 0 Å². The maximum atomic E-state index is 11.9. The molecule has 0 spiro atoms. The summed E-state index contributed by atoms with van der Waals surface area (Å²) in [4.78, 5) is 25.2. The van der Waals surface area contributed by atoms with E-state index in [2.05, 4.69) is 4.98 Å². The number of nitrogens with one attached hydrogen (secondary N) is 1. The second-order valence-corrected chi connectivity index (χ2v) is 4.27. The molecule has 0 radical (unpaired) electrons. The van der Waals surface area contributed by atoms with E-state index in [-0.39, 0.29) is 17.9 Å². The average Bonchev–Trinajstić information content (AvgIpc) is 2.78. The molecular weight excluding hydrogens is 254 g/mol. The summed E-state index contributed by atoms with van der Waals surface area (Å²) in [5.74, 6) is -1.12. The van der Waals surface area contributed by atoms with Crippen LogP contribution in [0.1, 0.15) is 26.4 Å². The van der Waals surface area contributed by atoms with Crippen molar-refractivity contribution < 1.29 is 14.7 Å². The van der Waals surface area contributed by atoms with Gasteiger partial charge in [0.15, 0.2) is 5.78 Å². The zero-order valence-electron chi connectivity index (χ0n) is 9.31. The Labute approximate surface area is 108 Å². The van der Waals surface area contributed by atoms with Crippen LogP contribution in [0.25, 0.3) is 0 Å². The fourth-order valence-electron chi connectivity index (χ4n) is 1.59. The number of carbonyl (C=O) groups excluding carboxylic acids is 1. The van der Waals surface area contributed by atoms with Crippen LogP contribution in [0.2, 0.25) is 5.02 Å². The van der Waals surface area contributed by atoms with Crippen molar-refractivity contribution in [2.75, 3.05) is 0 Å². The van der Waals surface area contributed by atoms with Crippen molar-refractivity contribution in [2.24, 2.45) is 0 Å². The van der Waals surface area contributed by atoms with Gasteiger partial charge in [0.25, 0.3) is 0 Å². The smallest absolute Gasteiger partial charge is 0.352 e. The molecule has 0 fully saturated rings. The van der Waals surface area contributed by atoms with Crippen LogP contribution in [-0.4, -0.2) is 21.8 Å². The summed E-state index contributed by atoms with van der Waals surface area (Å²) >= 11 is 5.73. The van der Waals surface area contributed by atoms with Gasteiger partial charge < -0.3 is 10.1 Å². The second-order valence-electron chi connectivity index (χ2n) is 3.83. The summed E-state index contributed by atoms with van der Waals surface area (Å²) in [5.41, 5.74) is 1.28. The van der Waals surface area contributed by atoms with E-state index in [1.807, 2.05) is 0 Å². The van der Waals surface area contributed by atoms with Gasteiger partial charge in [0, 0.05) is 23.2 Å². The first-order valence-electron chi connectivity index (χ1n) is 5.25. The molecule has 0 aliphatic carbocycles. The Hall–Kier alpha value is -2.07. The summed E-state index contributed by atoms with van der Waals surface area (Å²) in [5, 5.41) is 9.32. The van der Waals surface area contributed by atoms with Crippen LogP contribution in [0.5, 0.6) is 0 Å². The van der Waals surface area contributed by atoms with Crippen LogP contribution in [0, 0.1) is 0 Å². The molecule has 2 rings (SSSR count). The molecule has 0 unspecified atom stereocenters. The molecular formula is C13H10ClNO3. The normalized spacial score (nSPS) is 10.3. The molecule has 2 aromatic rings. The van der Waals surface area contributed by atoms with Crippen molar-refractivity contribution in [3.8, 4) is 0 Å². The average molecular weight is 264 g/mol. The minimum absolute atomic E-state index is 0.0777. The van der Waals surface area contributed by atoms with Crippen molar-refractivity contribution >= 4 is 23.4 Å². The van der Waals surface area contributed by atoms with Crippen LogP contribution in [0.4, 0.5) is 0 Å². The first kappa shape index (κ1) is 12.4. The number of H-pyrrole nitrogens is 1. The summed E-state index contributed by atoms with van der Waals surface area (Å²) in [6.45, 7) is 0. The molecule has 0 aliphatic rings. The number of hydrogen-bond donors (Lipinski definition) is 2. The van der Waals surface area contributed by atoms with Gasteiger partial charge in [-0.2, -0.15) is 0 Å². The van der Waals surface area contributed by atoms with E-state index in [0.717, 1.165) is 0 Å². The molecule has 0 aliphatic heterocycles. The Balaban J connectivity index is 2.11. The standard InChI is InChI=1S/C13H10ClNO3/c14-10-3-1-9(2-4-10)12(16)6-8-5-11(13(17)18)15-7-8/h1-5,7,15H,6H2,(H,17,18). The molecule has 92 valence electrons. The van der Waals surface area contributed by atoms with Gasteiger partial charge in [0.1, 0.15) is 5.69 Å². The highest BCUT2D eigenvalue weighted by Crippen LogP contribution is 2.13. The minimum atomic E-state index is -1.04. The number of halogens is 1. The number of rotatable bonds is 4. The fourth-order valence-corrected chi connectivity index (χ4v) is 1.71. The van der Waals surface area contributed by atoms with Gasteiger partial charge in [0.2, 0.25) is 0 Å². The van der Waals surface area contributed by atoms with E-state index < -0.39 is 5.97 Å². The lowest BCUT2D eigenvalue weighted by Gasteiger charge is -1.99. The van der Waals surface area contributed by atoms with Gasteiger partial charge >= 0.3 is 5.97 Å². The van der Waals surface area contributed by atoms with E-state index >= 15 is 0 Å². The zero-order chi connectivity index (χ0) is 13.1. The molecule has 0 amide bonds. The topological polar surface area (TPSA) is 70.2 Å². The highest BCUT2D eigenvalue weighted by molar-refractivity contribution is 6.30. The molecule has 1 aromatic carbocycles. The van der Waals surface area contributed by atoms with Crippen molar-refractivity contribution in [3.63, 3.8) is 0 Å². The van der Waals surface area contributed by atoms with E-state index in [1.165, 1.54) is 12.3 Å². The fraction of sp³-hybridized carbons (Fsp3) is 0.0769. The van der Waals surface area contributed by atoms with Crippen molar-refractivity contribution in [1.82, 2.24) is 4.98 Å². The van der Waals surface area contributed by atoms with E-state index in [0.29, 0.717) is 16.1 Å². The summed E-state index contributed by atoms with van der Waals surface area (Å²) in [7, 11) is 0. The lowest BCUT2D eigenvalue weighted by Crippen LogP contribution is -2.02. The predicted octanol–water partition coefficient (Wildman–Crippen LogP) is 2.79. The van der Waals surface area contributed by atoms with Gasteiger partial charge in [-0.25, -0.2) is 4.79 Å². The predicted molar refractivity (Wildman–Crippen MR) is 67.2 cm³/mol. The summed E-state index contributed by atoms with van der Waals surface area (Å²) in [6.07, 6.45) is 1.68. The third-order valence-corrected chi connectivity index (χ3v) is 2.76. The van der Waals surface area contributed by atoms with Crippen LogP contribution in [-0.2, 0) is 6.42 Å². The van der Waals surface area contributed by atoms with E-state index in [4.69, 9.17) is 16.7 Å². The second kappa shape index (κ2) is 5.06. The third-order valence-electron chi connectivity index (χ3n) is 2.50. The number of Topliss-reactive ketones (excluding diaryl/α,β-unsaturated/α-hetero) is 1. The number of carboxylic acids is 1. The Bertz CT molecular complexity index is 587. The molecule has 2 N–H and O–H groups in total. The lowest BCUT2D eigenvalue weighted by molar-refractivity contribution is 0.0691. The zero-order valence-corrected chi connectivity index (χ0v) is 10.1. The van der Waals surface area contributed by atoms with Crippen LogP contribution >= 0.6 is 11.6 Å². The Kier molecular flexibility index (Phi) is 3.48. The Morgan fingerprint density at radius 2 is 1.89 bits per heavy atom. The molecule has 18 heavy (non-hydrogen) atoms. The van der Waals surface area contributed by atoms with Gasteiger partial charge in [-0.05, 0) is 35.9 Å². The number of benzene rings is 1. The first-order valence-corrected chi connectivity index (χ1v) is 5.63. The molecule has 1 heterocycles. The van der Waals surface area contributed by atoms with Gasteiger partial charge in [-0.15, -0.1) is 0 Å². The molecule has 0 saturated carbocycles. The van der Waals surface area contributed by atoms with E-state index in [9.17, 15) is 9.59 Å².